The molecule has 0 radical (unpaired) electrons. The Kier molecular flexibility index (Phi) is 7.06. The largest absolute Gasteiger partial charge is 0.507 e. The lowest BCUT2D eigenvalue weighted by molar-refractivity contribution is -0.146. The van der Waals surface area contributed by atoms with Gasteiger partial charge in [-0.2, -0.15) is 0 Å². The third-order valence-corrected chi connectivity index (χ3v) is 4.06. The molecule has 0 aliphatic rings. The van der Waals surface area contributed by atoms with E-state index in [2.05, 4.69) is 48.1 Å². The second-order valence-corrected chi connectivity index (χ2v) is 9.05. The molecule has 0 fully saturated rings. The van der Waals surface area contributed by atoms with Crippen molar-refractivity contribution in [3.8, 4) is 5.75 Å². The van der Waals surface area contributed by atoms with Crippen molar-refractivity contribution in [3.63, 3.8) is 0 Å². The topological polar surface area (TPSA) is 55.8 Å². The number of esters is 1. The molecule has 1 atom stereocenters. The van der Waals surface area contributed by atoms with E-state index in [1.54, 1.807) is 13.8 Å². The lowest BCUT2D eigenvalue weighted by Crippen LogP contribution is -2.21. The van der Waals surface area contributed by atoms with E-state index in [0.717, 1.165) is 16.7 Å². The molecule has 0 bridgehead atoms. The standard InChI is InChI=1S/C22H34O4/c1-14(2)20(24)26-15(3)12-25-13-16-10-17(21(4,5)6)19(23)18(11-16)22(7,8)9/h10-11,15,23H,1,12-13H2,2-9H3. The molecule has 0 saturated heterocycles. The number of aromatic hydroxyl groups is 1. The second-order valence-electron chi connectivity index (χ2n) is 9.05. The minimum Gasteiger partial charge on any atom is -0.507 e. The summed E-state index contributed by atoms with van der Waals surface area (Å²) in [5.41, 5.74) is 2.83. The zero-order valence-corrected chi connectivity index (χ0v) is 17.5. The number of hydrogen-bond acceptors (Lipinski definition) is 4. The molecule has 0 aliphatic carbocycles. The monoisotopic (exact) mass is 362 g/mol. The molecule has 4 nitrogen and oxygen atoms in total. The quantitative estimate of drug-likeness (QED) is 0.571. The van der Waals surface area contributed by atoms with Gasteiger partial charge in [0.1, 0.15) is 11.9 Å². The highest BCUT2D eigenvalue weighted by molar-refractivity contribution is 5.87. The van der Waals surface area contributed by atoms with Gasteiger partial charge < -0.3 is 14.6 Å². The second kappa shape index (κ2) is 8.26. The first-order chi connectivity index (χ1) is 11.7. The van der Waals surface area contributed by atoms with E-state index < -0.39 is 5.97 Å². The fourth-order valence-corrected chi connectivity index (χ4v) is 2.58. The van der Waals surface area contributed by atoms with Gasteiger partial charge >= 0.3 is 5.97 Å². The number of phenolic OH excluding ortho intramolecular Hbond substituents is 1. The molecular formula is C22H34O4. The maximum Gasteiger partial charge on any atom is 0.333 e. The normalized spacial score (nSPS) is 13.4. The van der Waals surface area contributed by atoms with Crippen molar-refractivity contribution >= 4 is 5.97 Å². The van der Waals surface area contributed by atoms with Gasteiger partial charge in [-0.25, -0.2) is 4.79 Å². The van der Waals surface area contributed by atoms with Crippen molar-refractivity contribution in [2.24, 2.45) is 0 Å². The number of carbonyl (C=O) groups excluding carboxylic acids is 1. The molecule has 0 saturated carbocycles. The van der Waals surface area contributed by atoms with Crippen LogP contribution in [0, 0.1) is 0 Å². The Morgan fingerprint density at radius 1 is 1.12 bits per heavy atom. The summed E-state index contributed by atoms with van der Waals surface area (Å²) in [6.45, 7) is 20.2. The van der Waals surface area contributed by atoms with Crippen LogP contribution in [0.3, 0.4) is 0 Å². The van der Waals surface area contributed by atoms with Crippen LogP contribution in [0.2, 0.25) is 0 Å². The lowest BCUT2D eigenvalue weighted by Gasteiger charge is -2.28. The van der Waals surface area contributed by atoms with Gasteiger partial charge in [0.25, 0.3) is 0 Å². The van der Waals surface area contributed by atoms with Crippen LogP contribution in [0.15, 0.2) is 24.3 Å². The first kappa shape index (κ1) is 22.2. The van der Waals surface area contributed by atoms with Crippen LogP contribution in [0.5, 0.6) is 5.75 Å². The maximum atomic E-state index is 11.5. The molecule has 1 aromatic rings. The minimum absolute atomic E-state index is 0.176. The number of rotatable bonds is 6. The highest BCUT2D eigenvalue weighted by Crippen LogP contribution is 2.39. The molecule has 26 heavy (non-hydrogen) atoms. The first-order valence-electron chi connectivity index (χ1n) is 9.04. The summed E-state index contributed by atoms with van der Waals surface area (Å²) in [6, 6.07) is 3.99. The van der Waals surface area contributed by atoms with E-state index in [0.29, 0.717) is 24.5 Å². The van der Waals surface area contributed by atoms with Gasteiger partial charge in [-0.3, -0.25) is 0 Å². The van der Waals surface area contributed by atoms with E-state index >= 15 is 0 Å². The van der Waals surface area contributed by atoms with Gasteiger partial charge in [-0.1, -0.05) is 48.1 Å². The molecule has 0 heterocycles. The average Bonchev–Trinajstić information content (AvgIpc) is 2.46. The van der Waals surface area contributed by atoms with Crippen LogP contribution < -0.4 is 0 Å². The summed E-state index contributed by atoms with van der Waals surface area (Å²) >= 11 is 0. The smallest absolute Gasteiger partial charge is 0.333 e. The van der Waals surface area contributed by atoms with E-state index in [1.807, 2.05) is 12.1 Å². The molecule has 1 rings (SSSR count). The molecular weight excluding hydrogens is 328 g/mol. The Morgan fingerprint density at radius 3 is 1.96 bits per heavy atom. The Morgan fingerprint density at radius 2 is 1.58 bits per heavy atom. The van der Waals surface area contributed by atoms with Crippen molar-refractivity contribution in [2.75, 3.05) is 6.61 Å². The van der Waals surface area contributed by atoms with Crippen LogP contribution in [-0.4, -0.2) is 23.8 Å². The van der Waals surface area contributed by atoms with Crippen LogP contribution in [0.25, 0.3) is 0 Å². The van der Waals surface area contributed by atoms with Crippen LogP contribution in [-0.2, 0) is 31.7 Å². The zero-order valence-electron chi connectivity index (χ0n) is 17.5. The van der Waals surface area contributed by atoms with Crippen molar-refractivity contribution in [3.05, 3.63) is 41.0 Å². The molecule has 1 unspecified atom stereocenters. The number of phenols is 1. The van der Waals surface area contributed by atoms with Gasteiger partial charge in [-0.15, -0.1) is 0 Å². The van der Waals surface area contributed by atoms with Gasteiger partial charge in [0, 0.05) is 5.57 Å². The summed E-state index contributed by atoms with van der Waals surface area (Å²) in [5.74, 6) is -0.0479. The number of ether oxygens (including phenoxy) is 2. The summed E-state index contributed by atoms with van der Waals surface area (Å²) < 4.78 is 11.0. The molecule has 0 spiro atoms. The van der Waals surface area contributed by atoms with Crippen molar-refractivity contribution < 1.29 is 19.4 Å². The Balaban J connectivity index is 2.93. The Hall–Kier alpha value is -1.81. The predicted molar refractivity (Wildman–Crippen MR) is 106 cm³/mol. The Bertz CT molecular complexity index is 625. The predicted octanol–water partition coefficient (Wildman–Crippen LogP) is 5.01. The van der Waals surface area contributed by atoms with E-state index in [9.17, 15) is 9.90 Å². The summed E-state index contributed by atoms with van der Waals surface area (Å²) in [6.07, 6.45) is -0.347. The number of benzene rings is 1. The van der Waals surface area contributed by atoms with Crippen LogP contribution in [0.4, 0.5) is 0 Å². The van der Waals surface area contributed by atoms with Crippen molar-refractivity contribution in [1.29, 1.82) is 0 Å². The minimum atomic E-state index is -0.407. The van der Waals surface area contributed by atoms with Crippen molar-refractivity contribution in [2.45, 2.75) is 78.9 Å². The van der Waals surface area contributed by atoms with Gasteiger partial charge in [-0.05, 0) is 53.5 Å². The fraction of sp³-hybridized carbons (Fsp3) is 0.591. The highest BCUT2D eigenvalue weighted by Gasteiger charge is 2.26. The first-order valence-corrected chi connectivity index (χ1v) is 9.04. The zero-order chi connectivity index (χ0) is 20.3. The Labute approximate surface area is 158 Å². The summed E-state index contributed by atoms with van der Waals surface area (Å²) in [5, 5.41) is 10.7. The third-order valence-electron chi connectivity index (χ3n) is 4.06. The van der Waals surface area contributed by atoms with E-state index in [4.69, 9.17) is 9.47 Å². The molecule has 0 amide bonds. The van der Waals surface area contributed by atoms with Gasteiger partial charge in [0.05, 0.1) is 13.2 Å². The highest BCUT2D eigenvalue weighted by atomic mass is 16.6. The van der Waals surface area contributed by atoms with Crippen LogP contribution in [0.1, 0.15) is 72.1 Å². The molecule has 146 valence electrons. The molecule has 1 aromatic carbocycles. The van der Waals surface area contributed by atoms with Crippen LogP contribution >= 0.6 is 0 Å². The fourth-order valence-electron chi connectivity index (χ4n) is 2.58. The van der Waals surface area contributed by atoms with Gasteiger partial charge in [0.15, 0.2) is 0 Å². The average molecular weight is 363 g/mol. The molecule has 4 heteroatoms. The molecule has 1 N–H and O–H groups in total. The molecule has 0 aliphatic heterocycles. The summed E-state index contributed by atoms with van der Waals surface area (Å²) in [7, 11) is 0. The SMILES string of the molecule is C=C(C)C(=O)OC(C)COCc1cc(C(C)(C)C)c(O)c(C(C)(C)C)c1. The lowest BCUT2D eigenvalue weighted by atomic mass is 9.78. The van der Waals surface area contributed by atoms with E-state index in [-0.39, 0.29) is 16.9 Å². The van der Waals surface area contributed by atoms with Crippen molar-refractivity contribution in [1.82, 2.24) is 0 Å². The third kappa shape index (κ3) is 6.17. The summed E-state index contributed by atoms with van der Waals surface area (Å²) in [4.78, 5) is 11.5. The maximum absolute atomic E-state index is 11.5. The van der Waals surface area contributed by atoms with Gasteiger partial charge in [0.2, 0.25) is 0 Å². The number of hydrogen-bond donors (Lipinski definition) is 1. The van der Waals surface area contributed by atoms with E-state index in [1.165, 1.54) is 0 Å². The molecule has 0 aromatic heterocycles. The number of carbonyl (C=O) groups is 1.